The van der Waals surface area contributed by atoms with Gasteiger partial charge in [0.2, 0.25) is 5.91 Å². The van der Waals surface area contributed by atoms with Gasteiger partial charge in [-0.05, 0) is 56.7 Å². The van der Waals surface area contributed by atoms with E-state index >= 15 is 0 Å². The third-order valence-electron chi connectivity index (χ3n) is 5.53. The predicted octanol–water partition coefficient (Wildman–Crippen LogP) is 2.86. The van der Waals surface area contributed by atoms with Crippen molar-refractivity contribution in [2.45, 2.75) is 63.5 Å². The van der Waals surface area contributed by atoms with Gasteiger partial charge in [0.05, 0.1) is 12.8 Å². The molecule has 1 aliphatic carbocycles. The monoisotopic (exact) mass is 334 g/mol. The van der Waals surface area contributed by atoms with E-state index < -0.39 is 6.10 Å². The van der Waals surface area contributed by atoms with E-state index in [0.29, 0.717) is 24.6 Å². The zero-order valence-corrected chi connectivity index (χ0v) is 14.5. The Balaban J connectivity index is 1.52. The van der Waals surface area contributed by atoms with Crippen LogP contribution in [0, 0.1) is 5.92 Å². The Hall–Kier alpha value is -1.33. The quantitative estimate of drug-likeness (QED) is 0.805. The van der Waals surface area contributed by atoms with Gasteiger partial charge in [0.15, 0.2) is 0 Å². The second kappa shape index (κ2) is 8.67. The molecule has 0 spiro atoms. The zero-order valence-electron chi connectivity index (χ0n) is 14.5. The number of nitrogens with zero attached hydrogens (tertiary/aromatic N) is 1. The summed E-state index contributed by atoms with van der Waals surface area (Å²) in [6.07, 6.45) is 9.97. The molecule has 1 aromatic rings. The van der Waals surface area contributed by atoms with E-state index in [1.165, 1.54) is 25.7 Å². The number of carbonyl (C=O) groups is 1. The number of aliphatic hydroxyl groups excluding tert-OH is 1. The minimum Gasteiger partial charge on any atom is -0.467 e. The Bertz CT molecular complexity index is 499. The molecule has 0 radical (unpaired) electrons. The number of rotatable bonds is 7. The van der Waals surface area contributed by atoms with Crippen molar-refractivity contribution in [3.63, 3.8) is 0 Å². The third-order valence-corrected chi connectivity index (χ3v) is 5.53. The van der Waals surface area contributed by atoms with Crippen molar-refractivity contribution < 1.29 is 14.3 Å². The van der Waals surface area contributed by atoms with Gasteiger partial charge in [-0.3, -0.25) is 9.69 Å². The maximum Gasteiger partial charge on any atom is 0.234 e. The minimum absolute atomic E-state index is 0.126. The largest absolute Gasteiger partial charge is 0.467 e. The Morgan fingerprint density at radius 3 is 2.88 bits per heavy atom. The van der Waals surface area contributed by atoms with Gasteiger partial charge in [-0.1, -0.05) is 19.3 Å². The van der Waals surface area contributed by atoms with Gasteiger partial charge in [0.25, 0.3) is 0 Å². The van der Waals surface area contributed by atoms with Crippen LogP contribution in [0.25, 0.3) is 0 Å². The molecule has 1 amide bonds. The molecule has 0 aromatic carbocycles. The number of amides is 1. The summed E-state index contributed by atoms with van der Waals surface area (Å²) in [6.45, 7) is 2.21. The Kier molecular flexibility index (Phi) is 6.32. The fourth-order valence-corrected chi connectivity index (χ4v) is 3.76. The van der Waals surface area contributed by atoms with Gasteiger partial charge >= 0.3 is 0 Å². The smallest absolute Gasteiger partial charge is 0.234 e. The highest BCUT2D eigenvalue weighted by atomic mass is 16.4. The lowest BCUT2D eigenvalue weighted by Gasteiger charge is -2.31. The Labute approximate surface area is 144 Å². The van der Waals surface area contributed by atoms with Crippen LogP contribution in [0.3, 0.4) is 0 Å². The van der Waals surface area contributed by atoms with Crippen LogP contribution in [0.5, 0.6) is 0 Å². The van der Waals surface area contributed by atoms with Gasteiger partial charge in [-0.2, -0.15) is 0 Å². The van der Waals surface area contributed by atoms with Crippen LogP contribution < -0.4 is 5.32 Å². The average Bonchev–Trinajstić information content (AvgIpc) is 2.97. The lowest BCUT2D eigenvalue weighted by molar-refractivity contribution is -0.123. The molecule has 1 aromatic heterocycles. The average molecular weight is 334 g/mol. The van der Waals surface area contributed by atoms with Gasteiger partial charge < -0.3 is 14.8 Å². The molecular formula is C19H30N2O3. The van der Waals surface area contributed by atoms with Crippen molar-refractivity contribution in [2.75, 3.05) is 19.6 Å². The molecule has 1 aliphatic heterocycles. The number of hydrogen-bond donors (Lipinski definition) is 2. The molecule has 2 unspecified atom stereocenters. The summed E-state index contributed by atoms with van der Waals surface area (Å²) < 4.78 is 5.32. The van der Waals surface area contributed by atoms with Gasteiger partial charge in [0.1, 0.15) is 11.9 Å². The SMILES string of the molecule is O=C(CN1CCCCCC1CC(O)c1ccco1)NCC1CCC1. The summed E-state index contributed by atoms with van der Waals surface area (Å²) in [5.41, 5.74) is 0. The predicted molar refractivity (Wildman–Crippen MR) is 92.5 cm³/mol. The normalized spacial score (nSPS) is 24.1. The second-order valence-electron chi connectivity index (χ2n) is 7.34. The molecule has 24 heavy (non-hydrogen) atoms. The molecule has 2 aliphatic rings. The van der Waals surface area contributed by atoms with E-state index in [1.54, 1.807) is 12.3 Å². The number of aliphatic hydroxyl groups is 1. The van der Waals surface area contributed by atoms with Crippen LogP contribution in [0.4, 0.5) is 0 Å². The van der Waals surface area contributed by atoms with Crippen molar-refractivity contribution in [3.8, 4) is 0 Å². The maximum absolute atomic E-state index is 12.3. The Morgan fingerprint density at radius 2 is 2.17 bits per heavy atom. The molecule has 2 atom stereocenters. The van der Waals surface area contributed by atoms with E-state index in [4.69, 9.17) is 4.42 Å². The third kappa shape index (κ3) is 4.84. The van der Waals surface area contributed by atoms with Crippen LogP contribution in [-0.2, 0) is 4.79 Å². The van der Waals surface area contributed by atoms with Crippen molar-refractivity contribution in [1.82, 2.24) is 10.2 Å². The number of furan rings is 1. The summed E-state index contributed by atoms with van der Waals surface area (Å²) >= 11 is 0. The fraction of sp³-hybridized carbons (Fsp3) is 0.737. The van der Waals surface area contributed by atoms with E-state index in [-0.39, 0.29) is 11.9 Å². The highest BCUT2D eigenvalue weighted by molar-refractivity contribution is 5.78. The van der Waals surface area contributed by atoms with Crippen LogP contribution in [0.2, 0.25) is 0 Å². The molecule has 2 N–H and O–H groups in total. The van der Waals surface area contributed by atoms with Crippen LogP contribution in [-0.4, -0.2) is 41.6 Å². The van der Waals surface area contributed by atoms with Gasteiger partial charge in [-0.25, -0.2) is 0 Å². The van der Waals surface area contributed by atoms with Crippen LogP contribution in [0.1, 0.15) is 63.2 Å². The summed E-state index contributed by atoms with van der Waals surface area (Å²) in [6, 6.07) is 3.86. The Morgan fingerprint density at radius 1 is 1.29 bits per heavy atom. The topological polar surface area (TPSA) is 65.7 Å². The molecular weight excluding hydrogens is 304 g/mol. The number of hydrogen-bond acceptors (Lipinski definition) is 4. The molecule has 5 heteroatoms. The number of carbonyl (C=O) groups excluding carboxylic acids is 1. The second-order valence-corrected chi connectivity index (χ2v) is 7.34. The first kappa shape index (κ1) is 17.5. The maximum atomic E-state index is 12.3. The lowest BCUT2D eigenvalue weighted by atomic mass is 9.85. The number of nitrogens with one attached hydrogen (secondary N) is 1. The van der Waals surface area contributed by atoms with Gasteiger partial charge in [0, 0.05) is 12.6 Å². The molecule has 2 heterocycles. The summed E-state index contributed by atoms with van der Waals surface area (Å²) in [5, 5.41) is 13.5. The fourth-order valence-electron chi connectivity index (χ4n) is 3.76. The van der Waals surface area contributed by atoms with Crippen molar-refractivity contribution in [1.29, 1.82) is 0 Å². The van der Waals surface area contributed by atoms with Crippen molar-refractivity contribution in [2.24, 2.45) is 5.92 Å². The minimum atomic E-state index is -0.594. The first-order chi connectivity index (χ1) is 11.7. The van der Waals surface area contributed by atoms with Crippen molar-refractivity contribution in [3.05, 3.63) is 24.2 Å². The molecule has 0 bridgehead atoms. The molecule has 5 nitrogen and oxygen atoms in total. The molecule has 134 valence electrons. The van der Waals surface area contributed by atoms with E-state index in [9.17, 15) is 9.90 Å². The zero-order chi connectivity index (χ0) is 16.8. The van der Waals surface area contributed by atoms with Gasteiger partial charge in [-0.15, -0.1) is 0 Å². The van der Waals surface area contributed by atoms with E-state index in [0.717, 1.165) is 32.4 Å². The first-order valence-corrected chi connectivity index (χ1v) is 9.44. The molecule has 2 fully saturated rings. The van der Waals surface area contributed by atoms with E-state index in [2.05, 4.69) is 10.2 Å². The standard InChI is InChI=1S/C19H30N2O3/c22-17(18-9-5-11-24-18)12-16-8-2-1-3-10-21(16)14-19(23)20-13-15-6-4-7-15/h5,9,11,15-17,22H,1-4,6-8,10,12-14H2,(H,20,23). The summed E-state index contributed by atoms with van der Waals surface area (Å²) in [5.74, 6) is 1.43. The van der Waals surface area contributed by atoms with Crippen molar-refractivity contribution >= 4 is 5.91 Å². The first-order valence-electron chi connectivity index (χ1n) is 9.44. The molecule has 1 saturated heterocycles. The van der Waals surface area contributed by atoms with Crippen LogP contribution in [0.15, 0.2) is 22.8 Å². The highest BCUT2D eigenvalue weighted by Gasteiger charge is 2.27. The highest BCUT2D eigenvalue weighted by Crippen LogP contribution is 2.27. The molecule has 3 rings (SSSR count). The van der Waals surface area contributed by atoms with E-state index in [1.807, 2.05) is 6.07 Å². The molecule has 1 saturated carbocycles. The van der Waals surface area contributed by atoms with Crippen LogP contribution >= 0.6 is 0 Å². The lowest BCUT2D eigenvalue weighted by Crippen LogP contribution is -2.44. The summed E-state index contributed by atoms with van der Waals surface area (Å²) in [4.78, 5) is 14.6. The summed E-state index contributed by atoms with van der Waals surface area (Å²) in [7, 11) is 0. The number of likely N-dealkylation sites (tertiary alicyclic amines) is 1.